The van der Waals surface area contributed by atoms with Gasteiger partial charge in [-0.2, -0.15) is 0 Å². The second-order valence-corrected chi connectivity index (χ2v) is 7.11. The summed E-state index contributed by atoms with van der Waals surface area (Å²) in [6.45, 7) is 3.26. The molecule has 0 atom stereocenters. The van der Waals surface area contributed by atoms with Crippen molar-refractivity contribution in [1.29, 1.82) is 0 Å². The monoisotopic (exact) mass is 394 g/mol. The number of carbonyl (C=O) groups excluding carboxylic acids is 2. The van der Waals surface area contributed by atoms with Crippen LogP contribution in [-0.4, -0.2) is 17.4 Å². The van der Waals surface area contributed by atoms with Gasteiger partial charge in [-0.05, 0) is 74.5 Å². The lowest BCUT2D eigenvalue weighted by Gasteiger charge is -2.24. The van der Waals surface area contributed by atoms with Crippen LogP contribution in [0, 0.1) is 0 Å². The quantitative estimate of drug-likeness (QED) is 0.322. The van der Waals surface area contributed by atoms with Crippen LogP contribution in [0.2, 0.25) is 5.02 Å². The van der Waals surface area contributed by atoms with Gasteiger partial charge in [0, 0.05) is 16.1 Å². The van der Waals surface area contributed by atoms with Gasteiger partial charge in [0.15, 0.2) is 5.78 Å². The summed E-state index contributed by atoms with van der Waals surface area (Å²) in [6.07, 6.45) is 0. The van der Waals surface area contributed by atoms with E-state index < -0.39 is 11.6 Å². The van der Waals surface area contributed by atoms with Crippen molar-refractivity contribution in [1.82, 2.24) is 0 Å². The first-order valence-corrected chi connectivity index (χ1v) is 9.10. The molecule has 0 spiro atoms. The number of rotatable bonds is 6. The van der Waals surface area contributed by atoms with Crippen LogP contribution in [0.4, 0.5) is 0 Å². The number of halogens is 1. The van der Waals surface area contributed by atoms with Crippen LogP contribution in [0.1, 0.15) is 29.8 Å². The van der Waals surface area contributed by atoms with Crippen LogP contribution in [-0.2, 0) is 4.79 Å². The maximum atomic E-state index is 12.5. The molecule has 0 fully saturated rings. The number of hydrogen-bond acceptors (Lipinski definition) is 4. The summed E-state index contributed by atoms with van der Waals surface area (Å²) >= 11 is 5.86. The molecule has 0 radical (unpaired) electrons. The molecule has 0 aliphatic rings. The summed E-state index contributed by atoms with van der Waals surface area (Å²) in [6, 6.07) is 22.1. The lowest BCUT2D eigenvalue weighted by atomic mass is 10.0. The highest BCUT2D eigenvalue weighted by atomic mass is 35.5. The van der Waals surface area contributed by atoms with Gasteiger partial charge in [-0.15, -0.1) is 0 Å². The molecule has 4 nitrogen and oxygen atoms in total. The van der Waals surface area contributed by atoms with Crippen molar-refractivity contribution >= 4 is 23.4 Å². The Morgan fingerprint density at radius 2 is 1.29 bits per heavy atom. The predicted molar refractivity (Wildman–Crippen MR) is 108 cm³/mol. The van der Waals surface area contributed by atoms with E-state index in [1.807, 2.05) is 6.07 Å². The van der Waals surface area contributed by atoms with Gasteiger partial charge in [0.1, 0.15) is 11.5 Å². The van der Waals surface area contributed by atoms with Gasteiger partial charge < -0.3 is 9.47 Å². The number of benzene rings is 3. The molecular weight excluding hydrogens is 376 g/mol. The maximum absolute atomic E-state index is 12.5. The average Bonchev–Trinajstić information content (AvgIpc) is 2.69. The van der Waals surface area contributed by atoms with Crippen molar-refractivity contribution in [2.45, 2.75) is 19.4 Å². The zero-order valence-electron chi connectivity index (χ0n) is 15.5. The smallest absolute Gasteiger partial charge is 0.355 e. The Hall–Kier alpha value is -3.11. The van der Waals surface area contributed by atoms with Gasteiger partial charge in [-0.1, -0.05) is 29.8 Å². The Labute approximate surface area is 168 Å². The summed E-state index contributed by atoms with van der Waals surface area (Å²) in [5.41, 5.74) is -0.137. The Kier molecular flexibility index (Phi) is 5.81. The molecule has 3 rings (SSSR count). The van der Waals surface area contributed by atoms with Gasteiger partial charge in [0.05, 0.1) is 0 Å². The minimum absolute atomic E-state index is 0.119. The van der Waals surface area contributed by atoms with Crippen LogP contribution in [0.3, 0.4) is 0 Å². The number of esters is 1. The molecule has 3 aromatic carbocycles. The van der Waals surface area contributed by atoms with Gasteiger partial charge in [-0.3, -0.25) is 4.79 Å². The standard InChI is InChI=1S/C23H19ClO4/c1-23(2,22(26)27-19-6-4-3-5-7-19)28-20-14-10-17(11-15-20)21(25)16-8-12-18(24)13-9-16/h3-15H,1-2H3. The van der Waals surface area contributed by atoms with Gasteiger partial charge in [0.25, 0.3) is 0 Å². The molecule has 0 aliphatic carbocycles. The molecule has 0 N–H and O–H groups in total. The number of ether oxygens (including phenoxy) is 2. The molecule has 0 saturated heterocycles. The highest BCUT2D eigenvalue weighted by Crippen LogP contribution is 2.23. The Balaban J connectivity index is 1.68. The van der Waals surface area contributed by atoms with E-state index >= 15 is 0 Å². The molecule has 0 bridgehead atoms. The third-order valence-corrected chi connectivity index (χ3v) is 4.29. The molecule has 28 heavy (non-hydrogen) atoms. The summed E-state index contributed by atoms with van der Waals surface area (Å²) < 4.78 is 11.1. The first-order valence-electron chi connectivity index (χ1n) is 8.72. The third-order valence-electron chi connectivity index (χ3n) is 4.04. The largest absolute Gasteiger partial charge is 0.476 e. The molecule has 0 amide bonds. The lowest BCUT2D eigenvalue weighted by Crippen LogP contribution is -2.41. The van der Waals surface area contributed by atoms with Gasteiger partial charge in [0.2, 0.25) is 5.60 Å². The number of carbonyl (C=O) groups is 2. The van der Waals surface area contributed by atoms with Crippen LogP contribution in [0.15, 0.2) is 78.9 Å². The van der Waals surface area contributed by atoms with E-state index in [4.69, 9.17) is 21.1 Å². The highest BCUT2D eigenvalue weighted by molar-refractivity contribution is 6.30. The average molecular weight is 395 g/mol. The zero-order chi connectivity index (χ0) is 20.1. The minimum atomic E-state index is -1.20. The molecular formula is C23H19ClO4. The SMILES string of the molecule is CC(C)(Oc1ccc(C(=O)c2ccc(Cl)cc2)cc1)C(=O)Oc1ccccc1. The Morgan fingerprint density at radius 1 is 0.750 bits per heavy atom. The molecule has 0 saturated carbocycles. The molecule has 0 aliphatic heterocycles. The van der Waals surface area contributed by atoms with Crippen molar-refractivity contribution in [2.24, 2.45) is 0 Å². The van der Waals surface area contributed by atoms with E-state index in [-0.39, 0.29) is 5.78 Å². The van der Waals surface area contributed by atoms with Crippen LogP contribution in [0.5, 0.6) is 11.5 Å². The van der Waals surface area contributed by atoms with E-state index in [9.17, 15) is 9.59 Å². The van der Waals surface area contributed by atoms with Crippen molar-refractivity contribution in [3.05, 3.63) is 95.0 Å². The zero-order valence-corrected chi connectivity index (χ0v) is 16.3. The van der Waals surface area contributed by atoms with E-state index in [0.717, 1.165) is 0 Å². The molecule has 0 unspecified atom stereocenters. The fraction of sp³-hybridized carbons (Fsp3) is 0.130. The molecule has 3 aromatic rings. The van der Waals surface area contributed by atoms with Crippen LogP contribution < -0.4 is 9.47 Å². The van der Waals surface area contributed by atoms with Crippen molar-refractivity contribution < 1.29 is 19.1 Å². The van der Waals surface area contributed by atoms with Crippen molar-refractivity contribution in [2.75, 3.05) is 0 Å². The fourth-order valence-corrected chi connectivity index (χ4v) is 2.62. The van der Waals surface area contributed by atoms with Gasteiger partial charge in [-0.25, -0.2) is 4.79 Å². The van der Waals surface area contributed by atoms with E-state index in [1.54, 1.807) is 86.6 Å². The first kappa shape index (κ1) is 19.6. The second-order valence-electron chi connectivity index (χ2n) is 6.68. The third kappa shape index (κ3) is 4.78. The predicted octanol–water partition coefficient (Wildman–Crippen LogP) is 5.33. The van der Waals surface area contributed by atoms with E-state index in [1.165, 1.54) is 0 Å². The first-order chi connectivity index (χ1) is 13.3. The minimum Gasteiger partial charge on any atom is -0.476 e. The molecule has 0 aromatic heterocycles. The maximum Gasteiger partial charge on any atom is 0.355 e. The van der Waals surface area contributed by atoms with Gasteiger partial charge >= 0.3 is 5.97 Å². The second kappa shape index (κ2) is 8.28. The summed E-state index contributed by atoms with van der Waals surface area (Å²) in [4.78, 5) is 24.9. The lowest BCUT2D eigenvalue weighted by molar-refractivity contribution is -0.149. The normalized spacial score (nSPS) is 11.0. The fourth-order valence-electron chi connectivity index (χ4n) is 2.50. The molecule has 5 heteroatoms. The van der Waals surface area contributed by atoms with E-state index in [2.05, 4.69) is 0 Å². The van der Waals surface area contributed by atoms with Crippen molar-refractivity contribution in [3.63, 3.8) is 0 Å². The number of ketones is 1. The Bertz CT molecular complexity index is 962. The van der Waals surface area contributed by atoms with Crippen LogP contribution >= 0.6 is 11.6 Å². The van der Waals surface area contributed by atoms with E-state index in [0.29, 0.717) is 27.6 Å². The van der Waals surface area contributed by atoms with Crippen molar-refractivity contribution in [3.8, 4) is 11.5 Å². The highest BCUT2D eigenvalue weighted by Gasteiger charge is 2.32. The summed E-state index contributed by atoms with van der Waals surface area (Å²) in [5, 5.41) is 0.574. The summed E-state index contributed by atoms with van der Waals surface area (Å²) in [5.74, 6) is 0.279. The number of para-hydroxylation sites is 1. The Morgan fingerprint density at radius 3 is 1.86 bits per heavy atom. The topological polar surface area (TPSA) is 52.6 Å². The molecule has 142 valence electrons. The number of hydrogen-bond donors (Lipinski definition) is 0. The van der Waals surface area contributed by atoms with Crippen LogP contribution in [0.25, 0.3) is 0 Å². The summed E-state index contributed by atoms with van der Waals surface area (Å²) in [7, 11) is 0. The molecule has 0 heterocycles.